The van der Waals surface area contributed by atoms with Crippen LogP contribution in [0.3, 0.4) is 0 Å². The van der Waals surface area contributed by atoms with Gasteiger partial charge in [-0.2, -0.15) is 0 Å². The molecule has 0 bridgehead atoms. The maximum absolute atomic E-state index is 12.4. The summed E-state index contributed by atoms with van der Waals surface area (Å²) in [5.41, 5.74) is 6.16. The molecule has 1 aliphatic rings. The molecule has 0 aromatic carbocycles. The molecule has 5 nitrogen and oxygen atoms in total. The zero-order valence-corrected chi connectivity index (χ0v) is 11.5. The van der Waals surface area contributed by atoms with Crippen molar-refractivity contribution in [3.05, 3.63) is 18.3 Å². The fourth-order valence-electron chi connectivity index (χ4n) is 2.48. The van der Waals surface area contributed by atoms with Crippen LogP contribution < -0.4 is 15.8 Å². The fourth-order valence-corrected chi connectivity index (χ4v) is 2.48. The van der Waals surface area contributed by atoms with Crippen molar-refractivity contribution in [2.24, 2.45) is 11.1 Å². The largest absolute Gasteiger partial charge is 0.476 e. The van der Waals surface area contributed by atoms with Crippen LogP contribution in [0.1, 0.15) is 33.1 Å². The van der Waals surface area contributed by atoms with Gasteiger partial charge in [-0.3, -0.25) is 4.79 Å². The highest BCUT2D eigenvalue weighted by atomic mass is 16.5. The van der Waals surface area contributed by atoms with Crippen LogP contribution in [-0.2, 0) is 4.79 Å². The minimum absolute atomic E-state index is 0.0496. The molecular formula is C14H21N3O2. The summed E-state index contributed by atoms with van der Waals surface area (Å²) >= 11 is 0. The highest BCUT2D eigenvalue weighted by Gasteiger charge is 2.43. The minimum atomic E-state index is -0.501. The van der Waals surface area contributed by atoms with Gasteiger partial charge < -0.3 is 15.8 Å². The number of anilines is 1. The van der Waals surface area contributed by atoms with Crippen LogP contribution in [-0.4, -0.2) is 23.5 Å². The van der Waals surface area contributed by atoms with Crippen molar-refractivity contribution in [3.63, 3.8) is 0 Å². The van der Waals surface area contributed by atoms with Crippen molar-refractivity contribution in [2.75, 3.05) is 11.9 Å². The Bertz CT molecular complexity index is 464. The van der Waals surface area contributed by atoms with Crippen molar-refractivity contribution >= 4 is 11.6 Å². The molecule has 0 radical (unpaired) electrons. The quantitative estimate of drug-likeness (QED) is 0.870. The Hall–Kier alpha value is -1.62. The number of hydrogen-bond acceptors (Lipinski definition) is 4. The summed E-state index contributed by atoms with van der Waals surface area (Å²) in [4.78, 5) is 16.6. The second-order valence-electron chi connectivity index (χ2n) is 5.16. The molecule has 1 amide bonds. The molecule has 1 aromatic rings. The molecule has 1 aliphatic carbocycles. The number of pyridine rings is 1. The number of rotatable bonds is 4. The van der Waals surface area contributed by atoms with E-state index >= 15 is 0 Å². The average molecular weight is 263 g/mol. The van der Waals surface area contributed by atoms with Gasteiger partial charge in [-0.05, 0) is 38.8 Å². The summed E-state index contributed by atoms with van der Waals surface area (Å²) < 4.78 is 5.40. The molecule has 104 valence electrons. The number of nitrogens with one attached hydrogen (secondary N) is 1. The van der Waals surface area contributed by atoms with E-state index in [-0.39, 0.29) is 11.9 Å². The van der Waals surface area contributed by atoms with E-state index < -0.39 is 5.41 Å². The van der Waals surface area contributed by atoms with Crippen LogP contribution in [0.4, 0.5) is 5.69 Å². The summed E-state index contributed by atoms with van der Waals surface area (Å²) in [5.74, 6) is 0.403. The Morgan fingerprint density at radius 2 is 2.47 bits per heavy atom. The first-order valence-electron chi connectivity index (χ1n) is 6.72. The lowest BCUT2D eigenvalue weighted by Crippen LogP contribution is -2.44. The van der Waals surface area contributed by atoms with Gasteiger partial charge in [0.2, 0.25) is 11.8 Å². The van der Waals surface area contributed by atoms with E-state index in [4.69, 9.17) is 10.5 Å². The summed E-state index contributed by atoms with van der Waals surface area (Å²) in [5, 5.41) is 2.90. The van der Waals surface area contributed by atoms with E-state index in [1.807, 2.05) is 13.8 Å². The first kappa shape index (κ1) is 13.8. The SMILES string of the molecule is CCOc1ncccc1NC(=O)C1(C)CCCC1N. The van der Waals surface area contributed by atoms with Gasteiger partial charge >= 0.3 is 0 Å². The Morgan fingerprint density at radius 3 is 3.11 bits per heavy atom. The standard InChI is InChI=1S/C14H21N3O2/c1-3-19-12-10(6-5-9-16-12)17-13(18)14(2)8-4-7-11(14)15/h5-6,9,11H,3-4,7-8,15H2,1-2H3,(H,17,18). The lowest BCUT2D eigenvalue weighted by molar-refractivity contribution is -0.125. The molecular weight excluding hydrogens is 242 g/mol. The Kier molecular flexibility index (Phi) is 4.04. The lowest BCUT2D eigenvalue weighted by atomic mass is 9.84. The molecule has 5 heteroatoms. The van der Waals surface area contributed by atoms with Crippen LogP contribution in [0.25, 0.3) is 0 Å². The molecule has 0 saturated heterocycles. The van der Waals surface area contributed by atoms with Gasteiger partial charge in [-0.25, -0.2) is 4.98 Å². The average Bonchev–Trinajstić information content (AvgIpc) is 2.74. The van der Waals surface area contributed by atoms with E-state index in [0.29, 0.717) is 18.2 Å². The maximum atomic E-state index is 12.4. The number of nitrogens with zero attached hydrogens (tertiary/aromatic N) is 1. The van der Waals surface area contributed by atoms with Gasteiger partial charge in [0, 0.05) is 12.2 Å². The monoisotopic (exact) mass is 263 g/mol. The topological polar surface area (TPSA) is 77.2 Å². The molecule has 19 heavy (non-hydrogen) atoms. The first-order valence-corrected chi connectivity index (χ1v) is 6.72. The van der Waals surface area contributed by atoms with E-state index in [1.165, 1.54) is 0 Å². The van der Waals surface area contributed by atoms with Crippen molar-refractivity contribution < 1.29 is 9.53 Å². The first-order chi connectivity index (χ1) is 9.08. The highest BCUT2D eigenvalue weighted by molar-refractivity contribution is 5.96. The molecule has 3 N–H and O–H groups in total. The van der Waals surface area contributed by atoms with Crippen LogP contribution in [0.5, 0.6) is 5.88 Å². The third kappa shape index (κ3) is 2.71. The van der Waals surface area contributed by atoms with Crippen LogP contribution in [0.2, 0.25) is 0 Å². The molecule has 2 atom stereocenters. The van der Waals surface area contributed by atoms with Crippen LogP contribution in [0, 0.1) is 5.41 Å². The van der Waals surface area contributed by atoms with Crippen molar-refractivity contribution in [2.45, 2.75) is 39.2 Å². The predicted octanol–water partition coefficient (Wildman–Crippen LogP) is 1.94. The summed E-state index contributed by atoms with van der Waals surface area (Å²) in [7, 11) is 0. The van der Waals surface area contributed by atoms with Crippen molar-refractivity contribution in [1.82, 2.24) is 4.98 Å². The Labute approximate surface area is 113 Å². The number of carbonyl (C=O) groups excluding carboxylic acids is 1. The van der Waals surface area contributed by atoms with E-state index in [1.54, 1.807) is 18.3 Å². The number of aromatic nitrogens is 1. The molecule has 1 saturated carbocycles. The van der Waals surface area contributed by atoms with Crippen molar-refractivity contribution in [1.29, 1.82) is 0 Å². The van der Waals surface area contributed by atoms with Gasteiger partial charge in [-0.15, -0.1) is 0 Å². The molecule has 1 fully saturated rings. The zero-order valence-electron chi connectivity index (χ0n) is 11.5. The van der Waals surface area contributed by atoms with Gasteiger partial charge in [0.1, 0.15) is 5.69 Å². The van der Waals surface area contributed by atoms with E-state index in [0.717, 1.165) is 19.3 Å². The maximum Gasteiger partial charge on any atom is 0.237 e. The molecule has 1 heterocycles. The highest BCUT2D eigenvalue weighted by Crippen LogP contribution is 2.38. The molecule has 0 spiro atoms. The Balaban J connectivity index is 2.15. The number of hydrogen-bond donors (Lipinski definition) is 2. The summed E-state index contributed by atoms with van der Waals surface area (Å²) in [6.07, 6.45) is 4.36. The molecule has 0 aliphatic heterocycles. The number of ether oxygens (including phenoxy) is 1. The predicted molar refractivity (Wildman–Crippen MR) is 74.0 cm³/mol. The third-order valence-electron chi connectivity index (χ3n) is 3.85. The third-order valence-corrected chi connectivity index (χ3v) is 3.85. The normalized spacial score (nSPS) is 26.2. The minimum Gasteiger partial charge on any atom is -0.476 e. The fraction of sp³-hybridized carbons (Fsp3) is 0.571. The van der Waals surface area contributed by atoms with Gasteiger partial charge in [-0.1, -0.05) is 6.42 Å². The van der Waals surface area contributed by atoms with Crippen LogP contribution in [0.15, 0.2) is 18.3 Å². The van der Waals surface area contributed by atoms with E-state index in [2.05, 4.69) is 10.3 Å². The molecule has 2 rings (SSSR count). The van der Waals surface area contributed by atoms with Crippen molar-refractivity contribution in [3.8, 4) is 5.88 Å². The summed E-state index contributed by atoms with van der Waals surface area (Å²) in [6, 6.07) is 3.48. The Morgan fingerprint density at radius 1 is 1.68 bits per heavy atom. The molecule has 1 aromatic heterocycles. The van der Waals surface area contributed by atoms with Gasteiger partial charge in [0.05, 0.1) is 12.0 Å². The smallest absolute Gasteiger partial charge is 0.237 e. The van der Waals surface area contributed by atoms with Gasteiger partial charge in [0.25, 0.3) is 0 Å². The van der Waals surface area contributed by atoms with Gasteiger partial charge in [0.15, 0.2) is 0 Å². The number of amides is 1. The number of carbonyl (C=O) groups is 1. The van der Waals surface area contributed by atoms with E-state index in [9.17, 15) is 4.79 Å². The second-order valence-corrected chi connectivity index (χ2v) is 5.16. The second kappa shape index (κ2) is 5.57. The lowest BCUT2D eigenvalue weighted by Gasteiger charge is -2.27. The zero-order chi connectivity index (χ0) is 13.9. The van der Waals surface area contributed by atoms with Crippen LogP contribution >= 0.6 is 0 Å². The molecule has 2 unspecified atom stereocenters. The summed E-state index contributed by atoms with van der Waals surface area (Å²) in [6.45, 7) is 4.32. The number of nitrogens with two attached hydrogens (primary N) is 1.